The molecular formula is C11H16N4. The first-order valence-electron chi connectivity index (χ1n) is 4.78. The molecule has 1 aromatic heterocycles. The molecule has 2 rings (SSSR count). The van der Waals surface area contributed by atoms with E-state index in [2.05, 4.69) is 23.1 Å². The van der Waals surface area contributed by atoms with E-state index in [4.69, 9.17) is 0 Å². The molecule has 0 aromatic carbocycles. The van der Waals surface area contributed by atoms with Crippen molar-refractivity contribution in [2.45, 2.75) is 6.92 Å². The van der Waals surface area contributed by atoms with Crippen molar-refractivity contribution in [3.8, 4) is 0 Å². The Bertz CT molecular complexity index is 337. The van der Waals surface area contributed by atoms with Crippen molar-refractivity contribution in [3.63, 3.8) is 0 Å². The van der Waals surface area contributed by atoms with E-state index in [1.807, 2.05) is 24.2 Å². The monoisotopic (exact) mass is 204 g/mol. The van der Waals surface area contributed by atoms with E-state index >= 15 is 0 Å². The summed E-state index contributed by atoms with van der Waals surface area (Å²) in [7, 11) is 0. The fourth-order valence-electron chi connectivity index (χ4n) is 1.17. The lowest BCUT2D eigenvalue weighted by molar-refractivity contribution is 0.610. The lowest BCUT2D eigenvalue weighted by atomic mass is 10.5. The molecule has 15 heavy (non-hydrogen) atoms. The molecule has 0 N–H and O–H groups in total. The number of amidine groups is 1. The molecule has 0 saturated heterocycles. The van der Waals surface area contributed by atoms with Crippen molar-refractivity contribution in [2.24, 2.45) is 4.99 Å². The third kappa shape index (κ3) is 3.42. The van der Waals surface area contributed by atoms with Gasteiger partial charge in [-0.25, -0.2) is 4.98 Å². The summed E-state index contributed by atoms with van der Waals surface area (Å²) in [5.41, 5.74) is 0. The molecule has 0 unspecified atom stereocenters. The summed E-state index contributed by atoms with van der Waals surface area (Å²) in [5.74, 6) is 1.08. The number of rotatable bonds is 2. The van der Waals surface area contributed by atoms with Gasteiger partial charge in [-0.1, -0.05) is 13.2 Å². The quantitative estimate of drug-likeness (QED) is 0.736. The lowest BCUT2D eigenvalue weighted by Gasteiger charge is -2.09. The Morgan fingerprint density at radius 3 is 2.47 bits per heavy atom. The van der Waals surface area contributed by atoms with E-state index in [1.165, 1.54) is 0 Å². The Labute approximate surface area is 90.3 Å². The molecule has 0 aliphatic carbocycles. The van der Waals surface area contributed by atoms with Gasteiger partial charge in [0.15, 0.2) is 0 Å². The predicted octanol–water partition coefficient (Wildman–Crippen LogP) is 1.85. The summed E-state index contributed by atoms with van der Waals surface area (Å²) >= 11 is 0. The molecular weight excluding hydrogens is 188 g/mol. The minimum absolute atomic E-state index is 0.928. The number of aromatic nitrogens is 2. The van der Waals surface area contributed by atoms with Crippen LogP contribution in [0.2, 0.25) is 0 Å². The van der Waals surface area contributed by atoms with Crippen LogP contribution in [0.1, 0.15) is 6.92 Å². The molecule has 0 amide bonds. The third-order valence-electron chi connectivity index (χ3n) is 2.05. The fourth-order valence-corrected chi connectivity index (χ4v) is 1.17. The third-order valence-corrected chi connectivity index (χ3v) is 2.05. The maximum atomic E-state index is 4.16. The van der Waals surface area contributed by atoms with Gasteiger partial charge in [0.25, 0.3) is 0 Å². The van der Waals surface area contributed by atoms with Crippen LogP contribution in [-0.2, 0) is 0 Å². The SMILES string of the molecule is C=CN1CCN=C1C.C=Cn1ccnc1. The summed E-state index contributed by atoms with van der Waals surface area (Å²) in [4.78, 5) is 9.99. The van der Waals surface area contributed by atoms with Gasteiger partial charge in [0.1, 0.15) is 0 Å². The second-order valence-corrected chi connectivity index (χ2v) is 3.00. The lowest BCUT2D eigenvalue weighted by Crippen LogP contribution is -2.17. The van der Waals surface area contributed by atoms with Crippen LogP contribution in [0.5, 0.6) is 0 Å². The van der Waals surface area contributed by atoms with Crippen molar-refractivity contribution in [3.05, 3.63) is 38.1 Å². The van der Waals surface area contributed by atoms with Gasteiger partial charge in [-0.2, -0.15) is 0 Å². The molecule has 0 fully saturated rings. The largest absolute Gasteiger partial charge is 0.336 e. The second-order valence-electron chi connectivity index (χ2n) is 3.00. The minimum atomic E-state index is 0.928. The van der Waals surface area contributed by atoms with Crippen LogP contribution < -0.4 is 0 Å². The molecule has 4 nitrogen and oxygen atoms in total. The summed E-state index contributed by atoms with van der Waals surface area (Å²) < 4.78 is 1.78. The Balaban J connectivity index is 0.000000151. The molecule has 2 heterocycles. The molecule has 0 saturated carbocycles. The topological polar surface area (TPSA) is 33.4 Å². The maximum Gasteiger partial charge on any atom is 0.0998 e. The zero-order chi connectivity index (χ0) is 11.1. The maximum absolute atomic E-state index is 4.16. The van der Waals surface area contributed by atoms with E-state index in [0.29, 0.717) is 0 Å². The van der Waals surface area contributed by atoms with Gasteiger partial charge in [-0.05, 0) is 13.1 Å². The van der Waals surface area contributed by atoms with Crippen LogP contribution in [0.4, 0.5) is 0 Å². The van der Waals surface area contributed by atoms with Gasteiger partial charge in [0.2, 0.25) is 0 Å². The van der Waals surface area contributed by atoms with Crippen LogP contribution in [0.25, 0.3) is 6.20 Å². The first-order valence-corrected chi connectivity index (χ1v) is 4.78. The second kappa shape index (κ2) is 5.80. The number of nitrogens with zero attached hydrogens (tertiary/aromatic N) is 4. The number of hydrogen-bond donors (Lipinski definition) is 0. The number of hydrogen-bond acceptors (Lipinski definition) is 3. The zero-order valence-corrected chi connectivity index (χ0v) is 9.00. The molecule has 0 bridgehead atoms. The average Bonchev–Trinajstić information content (AvgIpc) is 2.88. The Kier molecular flexibility index (Phi) is 4.34. The average molecular weight is 204 g/mol. The highest BCUT2D eigenvalue weighted by Gasteiger charge is 2.06. The van der Waals surface area contributed by atoms with E-state index in [1.54, 1.807) is 23.3 Å². The molecule has 0 atom stereocenters. The summed E-state index contributed by atoms with van der Waals surface area (Å²) in [6.45, 7) is 11.1. The number of aliphatic imine (C=N–C) groups is 1. The molecule has 1 aliphatic rings. The molecule has 0 radical (unpaired) electrons. The summed E-state index contributed by atoms with van der Waals surface area (Å²) in [6.07, 6.45) is 8.72. The highest BCUT2D eigenvalue weighted by Crippen LogP contribution is 1.99. The smallest absolute Gasteiger partial charge is 0.0998 e. The van der Waals surface area contributed by atoms with Gasteiger partial charge >= 0.3 is 0 Å². The van der Waals surface area contributed by atoms with Gasteiger partial charge in [-0.15, -0.1) is 0 Å². The molecule has 1 aromatic rings. The fraction of sp³-hybridized carbons (Fsp3) is 0.273. The van der Waals surface area contributed by atoms with Crippen LogP contribution >= 0.6 is 0 Å². The van der Waals surface area contributed by atoms with Crippen LogP contribution in [0, 0.1) is 0 Å². The van der Waals surface area contributed by atoms with E-state index in [9.17, 15) is 0 Å². The minimum Gasteiger partial charge on any atom is -0.336 e. The van der Waals surface area contributed by atoms with E-state index in [0.717, 1.165) is 18.9 Å². The van der Waals surface area contributed by atoms with E-state index < -0.39 is 0 Å². The van der Waals surface area contributed by atoms with Crippen molar-refractivity contribution in [1.82, 2.24) is 14.5 Å². The molecule has 0 spiro atoms. The predicted molar refractivity (Wildman–Crippen MR) is 63.5 cm³/mol. The van der Waals surface area contributed by atoms with Gasteiger partial charge in [0.05, 0.1) is 18.7 Å². The Hall–Kier alpha value is -1.84. The summed E-state index contributed by atoms with van der Waals surface area (Å²) in [6, 6.07) is 0. The van der Waals surface area contributed by atoms with Crippen molar-refractivity contribution in [2.75, 3.05) is 13.1 Å². The van der Waals surface area contributed by atoms with Crippen LogP contribution in [-0.4, -0.2) is 33.4 Å². The number of imidazole rings is 1. The molecule has 1 aliphatic heterocycles. The Morgan fingerprint density at radius 1 is 1.40 bits per heavy atom. The molecule has 80 valence electrons. The van der Waals surface area contributed by atoms with Crippen LogP contribution in [0.15, 0.2) is 43.1 Å². The first kappa shape index (κ1) is 11.2. The first-order chi connectivity index (χ1) is 7.27. The normalized spacial score (nSPS) is 13.9. The molecule has 4 heteroatoms. The standard InChI is InChI=1S/C6H10N2.C5H6N2/c1-3-8-5-4-7-6(8)2;1-2-7-4-3-6-5-7/h3H,1,4-5H2,2H3;2-5H,1H2. The summed E-state index contributed by atoms with van der Waals surface area (Å²) in [5, 5.41) is 0. The highest BCUT2D eigenvalue weighted by molar-refractivity contribution is 5.81. The van der Waals surface area contributed by atoms with E-state index in [-0.39, 0.29) is 0 Å². The van der Waals surface area contributed by atoms with Crippen molar-refractivity contribution < 1.29 is 0 Å². The van der Waals surface area contributed by atoms with Gasteiger partial charge < -0.3 is 9.47 Å². The highest BCUT2D eigenvalue weighted by atomic mass is 15.2. The van der Waals surface area contributed by atoms with Crippen molar-refractivity contribution >= 4 is 12.0 Å². The van der Waals surface area contributed by atoms with Crippen molar-refractivity contribution in [1.29, 1.82) is 0 Å². The Morgan fingerprint density at radius 2 is 2.20 bits per heavy atom. The zero-order valence-electron chi connectivity index (χ0n) is 9.00. The van der Waals surface area contributed by atoms with Gasteiger partial charge in [-0.3, -0.25) is 4.99 Å². The van der Waals surface area contributed by atoms with Crippen LogP contribution in [0.3, 0.4) is 0 Å². The van der Waals surface area contributed by atoms with Gasteiger partial charge in [0, 0.05) is 25.1 Å².